The van der Waals surface area contributed by atoms with E-state index in [2.05, 4.69) is 106 Å². The van der Waals surface area contributed by atoms with Crippen LogP contribution in [0, 0.1) is 23.4 Å². The fourth-order valence-electron chi connectivity index (χ4n) is 13.3. The molecule has 1 saturated carbocycles. The first-order valence-corrected chi connectivity index (χ1v) is 35.8. The number of amides is 5. The molecule has 114 heavy (non-hydrogen) atoms. The van der Waals surface area contributed by atoms with Gasteiger partial charge in [-0.3, -0.25) is 50.0 Å². The second-order valence-electron chi connectivity index (χ2n) is 27.0. The SMILES string of the molecule is CN(C)C(=O)Nc1cncc(-c2cnc3n[nH]c(-c4nc5c(-c6ccccc6F)cncc5[nH]4)c3c2)c1.O=C(Nc1cncc(-c2cnc3n[nH]c(-c4nc5c(-c6ccccc6F)cncc5[nH]4)c3c2)c1)C1CC1.O=C(Nc1cncc(-c2cnc3n[nH]c(-c4nc5c(-c6ccccc6F)cncc5[nH]4)c3c2)c1)N1CCOCC1. The lowest BCUT2D eigenvalue weighted by atomic mass is 10.1. The van der Waals surface area contributed by atoms with Gasteiger partial charge in [0.1, 0.15) is 51.1 Å². The first-order chi connectivity index (χ1) is 55.7. The van der Waals surface area contributed by atoms with Crippen molar-refractivity contribution in [3.63, 3.8) is 0 Å². The predicted molar refractivity (Wildman–Crippen MR) is 422 cm³/mol. The number of hydrogen-bond acceptors (Lipinski definition) is 19. The lowest BCUT2D eigenvalue weighted by Crippen LogP contribution is -2.43. The molecular formula is C81H61F3N26O4. The standard InChI is InChI=1S/C28H22FN9O2.C27H19FN8O.C26H20FN9O/c29-22-4-2-1-3-19(22)21-14-31-15-23-24(21)35-27(34-23)25-20-10-17(12-32-26(20)37-36-25)16-9-18(13-30-11-16)33-28(39)38-5-7-40-8-6-38;28-21-4-2-1-3-18(21)20-12-30-13-22-23(20)34-26(33-22)24-19-8-16(10-31-25(19)36-35-24)15-7-17(11-29-9-15)32-27(37)14-5-6-14;1-36(2)26(37)31-16-7-14(9-28-11-16)15-8-18-23(34-35-24(18)30-10-15)25-32-21-13-29-12-19(22(21)33-25)17-5-3-4-6-20(17)27/h1-4,9-15H,5-8H2,(H,33,39)(H,34,35)(H,32,36,37);1-4,7-14H,5-6H2,(H,32,37)(H,33,34)(H,31,35,36);3-13H,1-2H3,(H,31,37)(H,32,33)(H,30,34,35). The van der Waals surface area contributed by atoms with Crippen molar-refractivity contribution in [1.29, 1.82) is 0 Å². The largest absolute Gasteiger partial charge is 0.378 e. The zero-order valence-corrected chi connectivity index (χ0v) is 60.2. The van der Waals surface area contributed by atoms with E-state index in [0.29, 0.717) is 161 Å². The maximum atomic E-state index is 14.6. The third-order valence-electron chi connectivity index (χ3n) is 19.3. The minimum Gasteiger partial charge on any atom is -0.378 e. The third-order valence-corrected chi connectivity index (χ3v) is 19.3. The van der Waals surface area contributed by atoms with E-state index >= 15 is 0 Å². The van der Waals surface area contributed by atoms with Gasteiger partial charge in [-0.1, -0.05) is 54.6 Å². The van der Waals surface area contributed by atoms with Crippen LogP contribution in [0.25, 0.3) is 168 Å². The number of halogens is 3. The normalized spacial score (nSPS) is 12.8. The number of ether oxygens (including phenoxy) is 1. The van der Waals surface area contributed by atoms with Crippen LogP contribution >= 0.6 is 0 Å². The highest BCUT2D eigenvalue weighted by molar-refractivity contribution is 6.02. The Hall–Kier alpha value is -15.4. The second kappa shape index (κ2) is 29.9. The van der Waals surface area contributed by atoms with Crippen molar-refractivity contribution < 1.29 is 32.3 Å². The van der Waals surface area contributed by atoms with Gasteiger partial charge in [0.25, 0.3) is 0 Å². The summed E-state index contributed by atoms with van der Waals surface area (Å²) in [6, 6.07) is 30.5. The molecule has 0 unspecified atom stereocenters. The quantitative estimate of drug-likeness (QED) is 0.0518. The maximum Gasteiger partial charge on any atom is 0.322 e. The Morgan fingerprint density at radius 3 is 1.14 bits per heavy atom. The number of imidazole rings is 3. The summed E-state index contributed by atoms with van der Waals surface area (Å²) < 4.78 is 48.9. The fourth-order valence-corrected chi connectivity index (χ4v) is 13.3. The van der Waals surface area contributed by atoms with Gasteiger partial charge >= 0.3 is 12.1 Å². The molecule has 18 aromatic rings. The van der Waals surface area contributed by atoms with Crippen molar-refractivity contribution in [2.75, 3.05) is 56.3 Å². The van der Waals surface area contributed by atoms with Crippen molar-refractivity contribution in [1.82, 2.24) is 115 Å². The van der Waals surface area contributed by atoms with Gasteiger partial charge in [-0.25, -0.2) is 52.7 Å². The van der Waals surface area contributed by atoms with Crippen LogP contribution in [0.15, 0.2) is 202 Å². The Labute approximate surface area is 641 Å². The van der Waals surface area contributed by atoms with E-state index in [-0.39, 0.29) is 41.3 Å². The van der Waals surface area contributed by atoms with Crippen molar-refractivity contribution in [2.24, 2.45) is 5.92 Å². The molecule has 560 valence electrons. The summed E-state index contributed by atoms with van der Waals surface area (Å²) in [5, 5.41) is 32.9. The highest BCUT2D eigenvalue weighted by atomic mass is 19.1. The Morgan fingerprint density at radius 1 is 0.421 bits per heavy atom. The van der Waals surface area contributed by atoms with Gasteiger partial charge in [-0.05, 0) is 67.4 Å². The number of urea groups is 2. The monoisotopic (exact) mass is 1520 g/mol. The van der Waals surface area contributed by atoms with E-state index in [0.717, 1.165) is 62.4 Å². The molecule has 33 heteroatoms. The number of rotatable bonds is 13. The summed E-state index contributed by atoms with van der Waals surface area (Å²) in [4.78, 5) is 103. The number of pyridine rings is 9. The first-order valence-electron chi connectivity index (χ1n) is 35.8. The lowest BCUT2D eigenvalue weighted by molar-refractivity contribution is -0.117. The molecule has 1 aliphatic carbocycles. The summed E-state index contributed by atoms with van der Waals surface area (Å²) in [5.41, 5.74) is 16.8. The number of H-pyrrole nitrogens is 6. The zero-order chi connectivity index (χ0) is 77.5. The number of carbonyl (C=O) groups excluding carboxylic acids is 3. The van der Waals surface area contributed by atoms with Crippen LogP contribution < -0.4 is 16.0 Å². The summed E-state index contributed by atoms with van der Waals surface area (Å²) in [5.74, 6) is 0.668. The molecule has 0 bridgehead atoms. The molecule has 30 nitrogen and oxygen atoms in total. The minimum atomic E-state index is -0.348. The number of nitrogens with one attached hydrogen (secondary N) is 9. The smallest absolute Gasteiger partial charge is 0.322 e. The predicted octanol–water partition coefficient (Wildman–Crippen LogP) is 14.6. The lowest BCUT2D eigenvalue weighted by Gasteiger charge is -2.26. The van der Waals surface area contributed by atoms with Gasteiger partial charge in [-0.2, -0.15) is 15.3 Å². The number of aromatic amines is 6. The average molecular weight is 1520 g/mol. The average Bonchev–Trinajstić information content (AvgIpc) is 1.62. The Balaban J connectivity index is 0.000000119. The zero-order valence-electron chi connectivity index (χ0n) is 60.2. The van der Waals surface area contributed by atoms with Crippen molar-refractivity contribution in [3.8, 4) is 101 Å². The van der Waals surface area contributed by atoms with Crippen LogP contribution in [0.3, 0.4) is 0 Å². The molecule has 20 rings (SSSR count). The second-order valence-corrected chi connectivity index (χ2v) is 27.0. The summed E-state index contributed by atoms with van der Waals surface area (Å²) in [7, 11) is 3.33. The molecule has 1 saturated heterocycles. The fraction of sp³-hybridized carbons (Fsp3) is 0.111. The van der Waals surface area contributed by atoms with Crippen molar-refractivity contribution in [3.05, 3.63) is 220 Å². The number of hydrogen-bond donors (Lipinski definition) is 9. The summed E-state index contributed by atoms with van der Waals surface area (Å²) in [6.45, 7) is 2.14. The molecule has 16 heterocycles. The Morgan fingerprint density at radius 2 is 0.772 bits per heavy atom. The Kier molecular flexibility index (Phi) is 18.4. The molecule has 3 aromatic carbocycles. The molecule has 15 aromatic heterocycles. The van der Waals surface area contributed by atoms with E-state index in [1.54, 1.807) is 167 Å². The minimum absolute atomic E-state index is 0.0266. The topological polar surface area (TPSA) is 391 Å². The van der Waals surface area contributed by atoms with Crippen molar-refractivity contribution >= 4 is 101 Å². The number of benzene rings is 3. The molecule has 5 amide bonds. The van der Waals surface area contributed by atoms with Gasteiger partial charge < -0.3 is 45.4 Å². The van der Waals surface area contributed by atoms with Crippen LogP contribution in [0.2, 0.25) is 0 Å². The van der Waals surface area contributed by atoms with Crippen LogP contribution in [0.4, 0.5) is 39.8 Å². The van der Waals surface area contributed by atoms with Gasteiger partial charge in [0.05, 0.1) is 100 Å². The van der Waals surface area contributed by atoms with E-state index in [1.807, 2.05) is 36.4 Å². The summed E-state index contributed by atoms with van der Waals surface area (Å²) in [6.07, 6.45) is 26.7. The molecule has 0 radical (unpaired) electrons. The molecule has 2 fully saturated rings. The van der Waals surface area contributed by atoms with Gasteiger partial charge in [0.2, 0.25) is 5.91 Å². The van der Waals surface area contributed by atoms with Crippen molar-refractivity contribution in [2.45, 2.75) is 12.8 Å². The highest BCUT2D eigenvalue weighted by Gasteiger charge is 2.30. The van der Waals surface area contributed by atoms with Crippen LogP contribution in [-0.2, 0) is 9.53 Å². The van der Waals surface area contributed by atoms with Crippen LogP contribution in [0.5, 0.6) is 0 Å². The Bertz CT molecular complexity index is 6500. The summed E-state index contributed by atoms with van der Waals surface area (Å²) >= 11 is 0. The molecule has 2 aliphatic rings. The molecule has 0 spiro atoms. The number of fused-ring (bicyclic) bond motifs is 6. The van der Waals surface area contributed by atoms with Crippen LogP contribution in [0.1, 0.15) is 12.8 Å². The number of anilines is 3. The highest BCUT2D eigenvalue weighted by Crippen LogP contribution is 2.39. The maximum absolute atomic E-state index is 14.6. The number of nitrogens with zero attached hydrogens (tertiary/aromatic N) is 17. The molecule has 0 atom stereocenters. The molecule has 9 N–H and O–H groups in total. The van der Waals surface area contributed by atoms with Gasteiger partial charge in [0.15, 0.2) is 34.4 Å². The molecule has 1 aliphatic heterocycles. The number of morpholine rings is 1. The number of aromatic nitrogens is 21. The van der Waals surface area contributed by atoms with E-state index in [1.165, 1.54) is 23.1 Å². The third kappa shape index (κ3) is 14.1. The van der Waals surface area contributed by atoms with Gasteiger partial charge in [0, 0.05) is 156 Å². The van der Waals surface area contributed by atoms with E-state index in [9.17, 15) is 27.6 Å². The van der Waals surface area contributed by atoms with E-state index < -0.39 is 0 Å². The first kappa shape index (κ1) is 70.3. The number of carbonyl (C=O) groups is 3. The molecular weight excluding hydrogens is 1460 g/mol. The van der Waals surface area contributed by atoms with Gasteiger partial charge in [-0.15, -0.1) is 0 Å². The van der Waals surface area contributed by atoms with E-state index in [4.69, 9.17) is 19.7 Å². The van der Waals surface area contributed by atoms with Crippen LogP contribution in [-0.4, -0.2) is 174 Å².